The molecule has 0 aliphatic rings. The standard InChI is InChI=1S/C13H12N2O4S2/c1-21(18,19)11-5-2-9(3-6-11)20-10-4-7-13(15(16)17)12(14)8-10/h2-8H,14H2,1H3. The summed E-state index contributed by atoms with van der Waals surface area (Å²) in [6.07, 6.45) is 1.15. The van der Waals surface area contributed by atoms with E-state index in [0.29, 0.717) is 0 Å². The van der Waals surface area contributed by atoms with Crippen molar-refractivity contribution in [3.8, 4) is 0 Å². The maximum absolute atomic E-state index is 11.4. The highest BCUT2D eigenvalue weighted by Gasteiger charge is 2.12. The van der Waals surface area contributed by atoms with E-state index in [-0.39, 0.29) is 16.3 Å². The minimum atomic E-state index is -3.22. The Bertz CT molecular complexity index is 786. The van der Waals surface area contributed by atoms with Crippen LogP contribution in [-0.4, -0.2) is 19.6 Å². The van der Waals surface area contributed by atoms with E-state index in [2.05, 4.69) is 0 Å². The lowest BCUT2D eigenvalue weighted by molar-refractivity contribution is -0.383. The van der Waals surface area contributed by atoms with Gasteiger partial charge in [0.25, 0.3) is 5.69 Å². The van der Waals surface area contributed by atoms with Gasteiger partial charge in [0.1, 0.15) is 5.69 Å². The quantitative estimate of drug-likeness (QED) is 0.527. The molecule has 110 valence electrons. The predicted molar refractivity (Wildman–Crippen MR) is 81.2 cm³/mol. The van der Waals surface area contributed by atoms with Crippen molar-refractivity contribution in [3.05, 3.63) is 52.6 Å². The van der Waals surface area contributed by atoms with Crippen LogP contribution in [0.15, 0.2) is 57.2 Å². The van der Waals surface area contributed by atoms with Gasteiger partial charge >= 0.3 is 0 Å². The lowest BCUT2D eigenvalue weighted by atomic mass is 10.3. The highest BCUT2D eigenvalue weighted by molar-refractivity contribution is 7.99. The van der Waals surface area contributed by atoms with Crippen LogP contribution in [0.3, 0.4) is 0 Å². The first kappa shape index (κ1) is 15.3. The summed E-state index contributed by atoms with van der Waals surface area (Å²) in [5.41, 5.74) is 5.59. The molecule has 0 amide bonds. The van der Waals surface area contributed by atoms with Crippen LogP contribution in [0.2, 0.25) is 0 Å². The van der Waals surface area contributed by atoms with Crippen LogP contribution in [-0.2, 0) is 9.84 Å². The molecule has 0 aliphatic heterocycles. The Kier molecular flexibility index (Phi) is 4.19. The number of nitrogen functional groups attached to an aromatic ring is 1. The van der Waals surface area contributed by atoms with Gasteiger partial charge in [-0.1, -0.05) is 11.8 Å². The molecule has 0 radical (unpaired) electrons. The van der Waals surface area contributed by atoms with Crippen molar-refractivity contribution in [1.82, 2.24) is 0 Å². The zero-order chi connectivity index (χ0) is 15.6. The molecular weight excluding hydrogens is 312 g/mol. The van der Waals surface area contributed by atoms with Crippen LogP contribution < -0.4 is 5.73 Å². The van der Waals surface area contributed by atoms with Crippen molar-refractivity contribution in [2.24, 2.45) is 0 Å². The number of benzene rings is 2. The Morgan fingerprint density at radius 2 is 1.67 bits per heavy atom. The number of anilines is 1. The van der Waals surface area contributed by atoms with Crippen molar-refractivity contribution in [3.63, 3.8) is 0 Å². The second kappa shape index (κ2) is 5.74. The number of nitrogens with zero attached hydrogens (tertiary/aromatic N) is 1. The van der Waals surface area contributed by atoms with Crippen LogP contribution in [0.4, 0.5) is 11.4 Å². The average Bonchev–Trinajstić information content (AvgIpc) is 2.38. The Morgan fingerprint density at radius 1 is 1.10 bits per heavy atom. The second-order valence-electron chi connectivity index (χ2n) is 4.32. The predicted octanol–water partition coefficient (Wildman–Crippen LogP) is 2.73. The van der Waals surface area contributed by atoms with Crippen molar-refractivity contribution in [2.45, 2.75) is 14.7 Å². The first-order valence-electron chi connectivity index (χ1n) is 5.79. The van der Waals surface area contributed by atoms with Gasteiger partial charge in [0.2, 0.25) is 0 Å². The van der Waals surface area contributed by atoms with Gasteiger partial charge in [-0.3, -0.25) is 10.1 Å². The third-order valence-corrected chi connectivity index (χ3v) is 4.81. The Labute approximate surface area is 126 Å². The SMILES string of the molecule is CS(=O)(=O)c1ccc(Sc2ccc([N+](=O)[O-])c(N)c2)cc1. The molecule has 2 aromatic carbocycles. The molecule has 8 heteroatoms. The molecule has 0 unspecified atom stereocenters. The molecule has 0 atom stereocenters. The van der Waals surface area contributed by atoms with Gasteiger partial charge in [-0.15, -0.1) is 0 Å². The molecule has 21 heavy (non-hydrogen) atoms. The zero-order valence-corrected chi connectivity index (χ0v) is 12.6. The fourth-order valence-electron chi connectivity index (χ4n) is 1.65. The van der Waals surface area contributed by atoms with Gasteiger partial charge < -0.3 is 5.73 Å². The smallest absolute Gasteiger partial charge is 0.292 e. The van der Waals surface area contributed by atoms with Gasteiger partial charge in [0.15, 0.2) is 9.84 Å². The van der Waals surface area contributed by atoms with Crippen LogP contribution in [0, 0.1) is 10.1 Å². The molecular formula is C13H12N2O4S2. The summed E-state index contributed by atoms with van der Waals surface area (Å²) in [7, 11) is -3.22. The van der Waals surface area contributed by atoms with Crippen LogP contribution in [0.5, 0.6) is 0 Å². The maximum Gasteiger partial charge on any atom is 0.292 e. The average molecular weight is 324 g/mol. The summed E-state index contributed by atoms with van der Waals surface area (Å²) in [5.74, 6) is 0. The van der Waals surface area contributed by atoms with E-state index < -0.39 is 14.8 Å². The fraction of sp³-hybridized carbons (Fsp3) is 0.0769. The monoisotopic (exact) mass is 324 g/mol. The molecule has 2 aromatic rings. The largest absolute Gasteiger partial charge is 0.393 e. The molecule has 2 N–H and O–H groups in total. The van der Waals surface area contributed by atoms with E-state index in [0.717, 1.165) is 16.0 Å². The normalized spacial score (nSPS) is 11.3. The summed E-state index contributed by atoms with van der Waals surface area (Å²) < 4.78 is 22.7. The summed E-state index contributed by atoms with van der Waals surface area (Å²) in [4.78, 5) is 11.9. The molecule has 0 bridgehead atoms. The van der Waals surface area contributed by atoms with Gasteiger partial charge in [-0.25, -0.2) is 8.42 Å². The highest BCUT2D eigenvalue weighted by Crippen LogP contribution is 2.32. The van der Waals surface area contributed by atoms with Crippen molar-refractivity contribution < 1.29 is 13.3 Å². The minimum Gasteiger partial charge on any atom is -0.393 e. The van der Waals surface area contributed by atoms with E-state index in [4.69, 9.17) is 5.73 Å². The first-order chi connectivity index (χ1) is 9.77. The molecule has 0 saturated carbocycles. The highest BCUT2D eigenvalue weighted by atomic mass is 32.2. The molecule has 6 nitrogen and oxygen atoms in total. The van der Waals surface area contributed by atoms with E-state index in [1.807, 2.05) is 0 Å². The molecule has 2 rings (SSSR count). The molecule has 0 saturated heterocycles. The van der Waals surface area contributed by atoms with Gasteiger partial charge in [-0.2, -0.15) is 0 Å². The molecule has 0 spiro atoms. The Balaban J connectivity index is 2.23. The van der Waals surface area contributed by atoms with E-state index in [9.17, 15) is 18.5 Å². The topological polar surface area (TPSA) is 103 Å². The summed E-state index contributed by atoms with van der Waals surface area (Å²) in [6, 6.07) is 10.9. The van der Waals surface area contributed by atoms with Crippen molar-refractivity contribution in [1.29, 1.82) is 0 Å². The van der Waals surface area contributed by atoms with Crippen molar-refractivity contribution >= 4 is 33.0 Å². The van der Waals surface area contributed by atoms with Crippen LogP contribution in [0.1, 0.15) is 0 Å². The first-order valence-corrected chi connectivity index (χ1v) is 8.50. The Morgan fingerprint density at radius 3 is 2.14 bits per heavy atom. The molecule has 0 aliphatic carbocycles. The van der Waals surface area contributed by atoms with Gasteiger partial charge in [-0.05, 0) is 36.4 Å². The van der Waals surface area contributed by atoms with Gasteiger partial charge in [0.05, 0.1) is 9.82 Å². The van der Waals surface area contributed by atoms with E-state index in [1.165, 1.54) is 36.0 Å². The number of nitro groups is 1. The van der Waals surface area contributed by atoms with E-state index >= 15 is 0 Å². The van der Waals surface area contributed by atoms with Crippen molar-refractivity contribution in [2.75, 3.05) is 12.0 Å². The zero-order valence-electron chi connectivity index (χ0n) is 11.0. The lowest BCUT2D eigenvalue weighted by Crippen LogP contribution is -1.96. The summed E-state index contributed by atoms with van der Waals surface area (Å²) in [5, 5.41) is 10.7. The maximum atomic E-state index is 11.4. The molecule has 0 aromatic heterocycles. The van der Waals surface area contributed by atoms with Crippen LogP contribution >= 0.6 is 11.8 Å². The molecule has 0 fully saturated rings. The number of hydrogen-bond acceptors (Lipinski definition) is 6. The third kappa shape index (κ3) is 3.73. The summed E-state index contributed by atoms with van der Waals surface area (Å²) >= 11 is 1.34. The molecule has 0 heterocycles. The minimum absolute atomic E-state index is 0.0951. The third-order valence-electron chi connectivity index (χ3n) is 2.68. The lowest BCUT2D eigenvalue weighted by Gasteiger charge is -2.04. The fourth-order valence-corrected chi connectivity index (χ4v) is 3.15. The van der Waals surface area contributed by atoms with E-state index in [1.54, 1.807) is 18.2 Å². The number of rotatable bonds is 4. The van der Waals surface area contributed by atoms with Crippen LogP contribution in [0.25, 0.3) is 0 Å². The summed E-state index contributed by atoms with van der Waals surface area (Å²) in [6.45, 7) is 0. The number of sulfone groups is 1. The second-order valence-corrected chi connectivity index (χ2v) is 7.49. The number of nitrogens with two attached hydrogens (primary N) is 1. The Hall–Kier alpha value is -2.06. The number of hydrogen-bond donors (Lipinski definition) is 1. The number of nitro benzene ring substituents is 1. The van der Waals surface area contributed by atoms with Gasteiger partial charge in [0, 0.05) is 22.1 Å².